The van der Waals surface area contributed by atoms with Crippen LogP contribution in [0, 0.1) is 55.4 Å². The van der Waals surface area contributed by atoms with Gasteiger partial charge in [0.2, 0.25) is 17.2 Å². The van der Waals surface area contributed by atoms with Crippen molar-refractivity contribution in [3.05, 3.63) is 199 Å². The molecule has 2 aliphatic rings. The molecule has 4 heteroatoms. The first-order chi connectivity index (χ1) is 25.9. The summed E-state index contributed by atoms with van der Waals surface area (Å²) in [6, 6.07) is 34.3. The van der Waals surface area contributed by atoms with E-state index >= 15 is 0 Å². The third-order valence-corrected chi connectivity index (χ3v) is 11.0. The third-order valence-electron chi connectivity index (χ3n) is 11.0. The molecule has 270 valence electrons. The van der Waals surface area contributed by atoms with Crippen LogP contribution in [-0.4, -0.2) is 21.2 Å². The van der Waals surface area contributed by atoms with Crippen LogP contribution in [0.3, 0.4) is 0 Å². The number of ketones is 1. The monoisotopic (exact) mass is 709 g/mol. The minimum Gasteiger partial charge on any atom is -0.506 e. The molecule has 0 radical (unpaired) electrons. The van der Waals surface area contributed by atoms with Gasteiger partial charge in [-0.2, -0.15) is 4.58 Å². The van der Waals surface area contributed by atoms with Gasteiger partial charge in [-0.1, -0.05) is 71.8 Å². The van der Waals surface area contributed by atoms with Gasteiger partial charge in [0.25, 0.3) is 0 Å². The number of aliphatic hydroxyl groups is 1. The molecule has 0 bridgehead atoms. The second-order valence-corrected chi connectivity index (χ2v) is 15.1. The highest BCUT2D eigenvalue weighted by Gasteiger charge is 2.37. The van der Waals surface area contributed by atoms with Gasteiger partial charge in [0.1, 0.15) is 5.76 Å². The number of aryl methyl sites for hydroxylation is 8. The molecule has 0 aromatic heterocycles. The largest absolute Gasteiger partial charge is 0.506 e. The third kappa shape index (κ3) is 7.17. The van der Waals surface area contributed by atoms with Crippen LogP contribution in [0.2, 0.25) is 0 Å². The van der Waals surface area contributed by atoms with E-state index in [2.05, 4.69) is 138 Å². The van der Waals surface area contributed by atoms with E-state index in [9.17, 15) is 9.90 Å². The molecule has 1 N–H and O–H groups in total. The number of rotatable bonds is 8. The Hall–Kier alpha value is -6.00. The zero-order valence-electron chi connectivity index (χ0n) is 32.7. The highest BCUT2D eigenvalue weighted by molar-refractivity contribution is 6.39. The molecular formula is C50H49N2O2+. The lowest BCUT2D eigenvalue weighted by Gasteiger charge is -2.28. The quantitative estimate of drug-likeness (QED) is 0.129. The van der Waals surface area contributed by atoms with Gasteiger partial charge >= 0.3 is 0 Å². The summed E-state index contributed by atoms with van der Waals surface area (Å²) < 4.78 is 2.32. The fraction of sp³-hybridized carbons (Fsp3) is 0.200. The summed E-state index contributed by atoms with van der Waals surface area (Å²) in [6.07, 6.45) is 7.99. The van der Waals surface area contributed by atoms with Crippen LogP contribution in [0.4, 0.5) is 17.1 Å². The fourth-order valence-electron chi connectivity index (χ4n) is 7.57. The summed E-state index contributed by atoms with van der Waals surface area (Å²) in [5, 5.41) is 11.4. The smallest absolute Gasteiger partial charge is 0.208 e. The molecule has 0 spiro atoms. The number of allylic oxidation sites excluding steroid dienone is 7. The van der Waals surface area contributed by atoms with E-state index in [1.54, 1.807) is 0 Å². The van der Waals surface area contributed by atoms with E-state index in [1.165, 1.54) is 55.6 Å². The molecule has 7 rings (SSSR count). The maximum Gasteiger partial charge on any atom is 0.208 e. The average molecular weight is 710 g/mol. The topological polar surface area (TPSA) is 43.5 Å². The Balaban J connectivity index is 1.19. The zero-order chi connectivity index (χ0) is 38.3. The van der Waals surface area contributed by atoms with Gasteiger partial charge in [-0.05, 0) is 142 Å². The Morgan fingerprint density at radius 1 is 0.556 bits per heavy atom. The van der Waals surface area contributed by atoms with Gasteiger partial charge in [0.15, 0.2) is 6.54 Å². The molecule has 0 saturated heterocycles. The first-order valence-corrected chi connectivity index (χ1v) is 18.8. The van der Waals surface area contributed by atoms with Crippen molar-refractivity contribution in [3.63, 3.8) is 0 Å². The summed E-state index contributed by atoms with van der Waals surface area (Å²) in [5.41, 5.74) is 18.8. The number of Topliss-reactive ketones (excluding diaryl/α,β-unsaturated/α-hetero) is 1. The summed E-state index contributed by atoms with van der Waals surface area (Å²) in [7, 11) is 0. The highest BCUT2D eigenvalue weighted by Crippen LogP contribution is 2.40. The van der Waals surface area contributed by atoms with Crippen molar-refractivity contribution in [1.82, 2.24) is 0 Å². The normalized spacial score (nSPS) is 13.9. The Labute approximate surface area is 320 Å². The van der Waals surface area contributed by atoms with Crippen LogP contribution in [0.15, 0.2) is 138 Å². The van der Waals surface area contributed by atoms with E-state index in [0.717, 1.165) is 22.8 Å². The SMILES string of the molecule is Cc1ccc(N(Cc2ccc(C)c(C)c2)c2ccc(C3=C(O)C(=C4C=CC(=[N+](Cc5ccc(C)c(C)c5)c5ccc(C)cc5C)C=C4)C3=O)cc2)c(C)c1. The van der Waals surface area contributed by atoms with Crippen molar-refractivity contribution in [1.29, 1.82) is 0 Å². The van der Waals surface area contributed by atoms with Gasteiger partial charge in [-0.15, -0.1) is 0 Å². The van der Waals surface area contributed by atoms with Crippen LogP contribution in [0.5, 0.6) is 0 Å². The van der Waals surface area contributed by atoms with Gasteiger partial charge in [0.05, 0.1) is 11.1 Å². The minimum absolute atomic E-state index is 0.0447. The molecule has 0 atom stereocenters. The molecule has 54 heavy (non-hydrogen) atoms. The van der Waals surface area contributed by atoms with Crippen molar-refractivity contribution in [2.45, 2.75) is 68.5 Å². The summed E-state index contributed by atoms with van der Waals surface area (Å²) in [6.45, 7) is 18.5. The Bertz CT molecular complexity index is 2470. The molecule has 2 aliphatic carbocycles. The number of nitrogens with zero attached hydrogens (tertiary/aromatic N) is 2. The molecule has 0 unspecified atom stereocenters. The molecular weight excluding hydrogens is 661 g/mol. The van der Waals surface area contributed by atoms with E-state index in [-0.39, 0.29) is 11.5 Å². The molecule has 0 fully saturated rings. The fourth-order valence-corrected chi connectivity index (χ4v) is 7.57. The standard InChI is InChI=1S/C50H48N2O2/c1-31-9-23-45(37(7)25-31)51(29-39-13-11-33(3)35(5)27-39)43-19-15-41(16-20-43)47-49(53)48(50(47)54)42-17-21-44(22-18-42)52(46-24-10-32(2)26-38(46)8)30-40-14-12-34(4)36(6)28-40/h9-28H,29-30H2,1-8H3/p+1. The van der Waals surface area contributed by atoms with Crippen LogP contribution in [0.25, 0.3) is 5.57 Å². The maximum atomic E-state index is 13.7. The maximum absolute atomic E-state index is 13.7. The van der Waals surface area contributed by atoms with E-state index < -0.39 is 0 Å². The van der Waals surface area contributed by atoms with E-state index in [4.69, 9.17) is 0 Å². The van der Waals surface area contributed by atoms with Crippen molar-refractivity contribution in [2.24, 2.45) is 0 Å². The predicted octanol–water partition coefficient (Wildman–Crippen LogP) is 11.8. The zero-order valence-corrected chi connectivity index (χ0v) is 32.7. The van der Waals surface area contributed by atoms with Gasteiger partial charge in [-0.25, -0.2) is 0 Å². The first kappa shape index (κ1) is 36.4. The first-order valence-electron chi connectivity index (χ1n) is 18.8. The lowest BCUT2D eigenvalue weighted by atomic mass is 9.80. The molecule has 5 aromatic carbocycles. The molecule has 5 aromatic rings. The second-order valence-electron chi connectivity index (χ2n) is 15.1. The van der Waals surface area contributed by atoms with Crippen LogP contribution in [-0.2, 0) is 17.9 Å². The number of carbonyl (C=O) groups excluding carboxylic acids is 1. The van der Waals surface area contributed by atoms with E-state index in [1.807, 2.05) is 48.6 Å². The average Bonchev–Trinajstić information content (AvgIpc) is 3.14. The predicted molar refractivity (Wildman–Crippen MR) is 224 cm³/mol. The number of carbonyl (C=O) groups is 1. The number of anilines is 2. The van der Waals surface area contributed by atoms with Crippen LogP contribution < -0.4 is 4.90 Å². The van der Waals surface area contributed by atoms with Crippen molar-refractivity contribution >= 4 is 34.1 Å². The minimum atomic E-state index is -0.143. The van der Waals surface area contributed by atoms with Gasteiger partial charge in [0, 0.05) is 47.3 Å². The van der Waals surface area contributed by atoms with E-state index in [0.29, 0.717) is 35.4 Å². The van der Waals surface area contributed by atoms with Crippen molar-refractivity contribution in [3.8, 4) is 0 Å². The summed E-state index contributed by atoms with van der Waals surface area (Å²) in [5.74, 6) is -0.0982. The Kier molecular flexibility index (Phi) is 9.96. The molecule has 0 amide bonds. The lowest BCUT2D eigenvalue weighted by molar-refractivity contribution is -0.456. The molecule has 0 heterocycles. The number of aliphatic hydroxyl groups excluding tert-OH is 1. The van der Waals surface area contributed by atoms with Crippen molar-refractivity contribution < 1.29 is 14.5 Å². The summed E-state index contributed by atoms with van der Waals surface area (Å²) in [4.78, 5) is 16.1. The number of hydrogen-bond acceptors (Lipinski definition) is 3. The van der Waals surface area contributed by atoms with Gasteiger partial charge < -0.3 is 10.0 Å². The lowest BCUT2D eigenvalue weighted by Crippen LogP contribution is -2.23. The van der Waals surface area contributed by atoms with Crippen LogP contribution >= 0.6 is 0 Å². The van der Waals surface area contributed by atoms with Crippen LogP contribution in [0.1, 0.15) is 61.2 Å². The molecule has 0 aliphatic heterocycles. The number of benzene rings is 5. The summed E-state index contributed by atoms with van der Waals surface area (Å²) >= 11 is 0. The number of hydrogen-bond donors (Lipinski definition) is 1. The second kappa shape index (κ2) is 14.8. The molecule has 4 nitrogen and oxygen atoms in total. The highest BCUT2D eigenvalue weighted by atomic mass is 16.3. The Morgan fingerprint density at radius 2 is 1.15 bits per heavy atom. The van der Waals surface area contributed by atoms with Crippen molar-refractivity contribution in [2.75, 3.05) is 4.90 Å². The Morgan fingerprint density at radius 3 is 1.74 bits per heavy atom. The van der Waals surface area contributed by atoms with Gasteiger partial charge in [-0.3, -0.25) is 4.79 Å². The molecule has 0 saturated carbocycles.